The predicted octanol–water partition coefficient (Wildman–Crippen LogP) is 0.658. The fraction of sp³-hybridized carbons (Fsp3) is 0.500. The van der Waals surface area contributed by atoms with Crippen LogP contribution in [0.25, 0.3) is 11.0 Å². The van der Waals surface area contributed by atoms with Gasteiger partial charge in [-0.15, -0.1) is 0 Å². The van der Waals surface area contributed by atoms with Gasteiger partial charge in [0.2, 0.25) is 0 Å². The average Bonchev–Trinajstić information content (AvgIpc) is 3.00. The third-order valence-electron chi connectivity index (χ3n) is 3.86. The molecule has 1 aromatic carbocycles. The second-order valence-corrected chi connectivity index (χ2v) is 5.51. The first kappa shape index (κ1) is 13.4. The molecular formula is C14H19N3O3. The van der Waals surface area contributed by atoms with Crippen molar-refractivity contribution in [3.05, 3.63) is 34.2 Å². The lowest BCUT2D eigenvalue weighted by molar-refractivity contribution is 0.0252. The molecule has 1 aliphatic heterocycles. The van der Waals surface area contributed by atoms with Gasteiger partial charge in [0, 0.05) is 25.6 Å². The van der Waals surface area contributed by atoms with Gasteiger partial charge in [-0.25, -0.2) is 4.79 Å². The predicted molar refractivity (Wildman–Crippen MR) is 75.7 cm³/mol. The Morgan fingerprint density at radius 2 is 2.25 bits per heavy atom. The van der Waals surface area contributed by atoms with Crippen LogP contribution in [0, 0.1) is 0 Å². The van der Waals surface area contributed by atoms with E-state index in [4.69, 9.17) is 4.74 Å². The van der Waals surface area contributed by atoms with E-state index in [1.54, 1.807) is 0 Å². The SMILES string of the molecule is CC(NCC1(O)CCOC1)c1ccc2[nH]c(=O)[nH]c2c1. The van der Waals surface area contributed by atoms with E-state index in [2.05, 4.69) is 15.3 Å². The number of hydrogen-bond donors (Lipinski definition) is 4. The van der Waals surface area contributed by atoms with E-state index < -0.39 is 5.60 Å². The van der Waals surface area contributed by atoms with E-state index in [0.717, 1.165) is 16.6 Å². The maximum atomic E-state index is 11.2. The summed E-state index contributed by atoms with van der Waals surface area (Å²) in [6.07, 6.45) is 0.664. The molecule has 3 rings (SSSR count). The zero-order chi connectivity index (χ0) is 14.2. The molecule has 0 saturated carbocycles. The molecule has 0 amide bonds. The smallest absolute Gasteiger partial charge is 0.323 e. The van der Waals surface area contributed by atoms with Crippen molar-refractivity contribution < 1.29 is 9.84 Å². The summed E-state index contributed by atoms with van der Waals surface area (Å²) in [6, 6.07) is 5.88. The minimum Gasteiger partial charge on any atom is -0.386 e. The number of fused-ring (bicyclic) bond motifs is 1. The normalized spacial score (nSPS) is 24.3. The molecule has 20 heavy (non-hydrogen) atoms. The zero-order valence-electron chi connectivity index (χ0n) is 11.4. The first-order valence-electron chi connectivity index (χ1n) is 6.81. The molecule has 0 spiro atoms. The van der Waals surface area contributed by atoms with Crippen LogP contribution in [-0.4, -0.2) is 40.4 Å². The molecule has 1 aromatic heterocycles. The highest BCUT2D eigenvalue weighted by Crippen LogP contribution is 2.20. The Bertz CT molecular complexity index is 655. The van der Waals surface area contributed by atoms with Crippen LogP contribution in [0.15, 0.2) is 23.0 Å². The van der Waals surface area contributed by atoms with Crippen molar-refractivity contribution in [1.29, 1.82) is 0 Å². The van der Waals surface area contributed by atoms with E-state index >= 15 is 0 Å². The van der Waals surface area contributed by atoms with Crippen LogP contribution in [-0.2, 0) is 4.74 Å². The molecular weight excluding hydrogens is 258 g/mol. The lowest BCUT2D eigenvalue weighted by atomic mass is 10.0. The summed E-state index contributed by atoms with van der Waals surface area (Å²) in [6.45, 7) is 3.53. The maximum absolute atomic E-state index is 11.2. The fourth-order valence-corrected chi connectivity index (χ4v) is 2.52. The molecule has 1 aliphatic rings. The number of nitrogens with one attached hydrogen (secondary N) is 3. The van der Waals surface area contributed by atoms with Crippen LogP contribution < -0.4 is 11.0 Å². The number of rotatable bonds is 4. The van der Waals surface area contributed by atoms with Crippen LogP contribution in [0.3, 0.4) is 0 Å². The van der Waals surface area contributed by atoms with Gasteiger partial charge in [0.15, 0.2) is 0 Å². The Labute approximate surface area is 116 Å². The molecule has 6 heteroatoms. The van der Waals surface area contributed by atoms with Crippen molar-refractivity contribution >= 4 is 11.0 Å². The van der Waals surface area contributed by atoms with E-state index in [1.165, 1.54) is 0 Å². The molecule has 0 radical (unpaired) electrons. The van der Waals surface area contributed by atoms with Gasteiger partial charge in [-0.2, -0.15) is 0 Å². The molecule has 0 aliphatic carbocycles. The number of ether oxygens (including phenoxy) is 1. The Morgan fingerprint density at radius 3 is 3.00 bits per heavy atom. The molecule has 2 heterocycles. The number of aliphatic hydroxyl groups is 1. The minimum atomic E-state index is -0.763. The number of benzene rings is 1. The molecule has 108 valence electrons. The van der Waals surface area contributed by atoms with Gasteiger partial charge in [-0.3, -0.25) is 0 Å². The Hall–Kier alpha value is -1.63. The number of H-pyrrole nitrogens is 2. The van der Waals surface area contributed by atoms with Crippen molar-refractivity contribution in [3.63, 3.8) is 0 Å². The third-order valence-corrected chi connectivity index (χ3v) is 3.86. The Kier molecular flexibility index (Phi) is 3.37. The van der Waals surface area contributed by atoms with Gasteiger partial charge in [0.1, 0.15) is 5.60 Å². The van der Waals surface area contributed by atoms with Crippen molar-refractivity contribution in [2.24, 2.45) is 0 Å². The standard InChI is InChI=1S/C14H19N3O3/c1-9(15-7-14(19)4-5-20-8-14)10-2-3-11-12(6-10)17-13(18)16-11/h2-3,6,9,15,19H,4-5,7-8H2,1H3,(H2,16,17,18). The molecule has 4 N–H and O–H groups in total. The first-order chi connectivity index (χ1) is 9.56. The Balaban J connectivity index is 1.71. The van der Waals surface area contributed by atoms with Crippen LogP contribution >= 0.6 is 0 Å². The molecule has 0 bridgehead atoms. The molecule has 2 atom stereocenters. The monoisotopic (exact) mass is 277 g/mol. The molecule has 2 unspecified atom stereocenters. The molecule has 1 fully saturated rings. The Morgan fingerprint density at radius 1 is 1.45 bits per heavy atom. The summed E-state index contributed by atoms with van der Waals surface area (Å²) in [5, 5.41) is 13.5. The third kappa shape index (κ3) is 2.63. The van der Waals surface area contributed by atoms with Gasteiger partial charge in [0.05, 0.1) is 17.6 Å². The van der Waals surface area contributed by atoms with Gasteiger partial charge in [0.25, 0.3) is 0 Å². The van der Waals surface area contributed by atoms with Gasteiger partial charge < -0.3 is 25.1 Å². The second-order valence-electron chi connectivity index (χ2n) is 5.51. The lowest BCUT2D eigenvalue weighted by Gasteiger charge is -2.24. The van der Waals surface area contributed by atoms with Crippen molar-refractivity contribution in [1.82, 2.24) is 15.3 Å². The van der Waals surface area contributed by atoms with Crippen LogP contribution in [0.5, 0.6) is 0 Å². The van der Waals surface area contributed by atoms with E-state index in [-0.39, 0.29) is 11.7 Å². The molecule has 1 saturated heterocycles. The van der Waals surface area contributed by atoms with Gasteiger partial charge in [-0.1, -0.05) is 6.07 Å². The van der Waals surface area contributed by atoms with E-state index in [1.807, 2.05) is 25.1 Å². The number of imidazole rings is 1. The van der Waals surface area contributed by atoms with Crippen LogP contribution in [0.1, 0.15) is 24.9 Å². The van der Waals surface area contributed by atoms with E-state index in [0.29, 0.717) is 26.2 Å². The summed E-state index contributed by atoms with van der Waals surface area (Å²) in [4.78, 5) is 16.7. The zero-order valence-corrected chi connectivity index (χ0v) is 11.4. The summed E-state index contributed by atoms with van der Waals surface area (Å²) < 4.78 is 5.22. The fourth-order valence-electron chi connectivity index (χ4n) is 2.52. The topological polar surface area (TPSA) is 90.1 Å². The average molecular weight is 277 g/mol. The number of aromatic amines is 2. The summed E-state index contributed by atoms with van der Waals surface area (Å²) in [5.41, 5.74) is 1.70. The van der Waals surface area contributed by atoms with Crippen molar-refractivity contribution in [2.45, 2.75) is 25.0 Å². The summed E-state index contributed by atoms with van der Waals surface area (Å²) in [5.74, 6) is 0. The van der Waals surface area contributed by atoms with Crippen molar-refractivity contribution in [2.75, 3.05) is 19.8 Å². The van der Waals surface area contributed by atoms with Gasteiger partial charge >= 0.3 is 5.69 Å². The summed E-state index contributed by atoms with van der Waals surface area (Å²) >= 11 is 0. The second kappa shape index (κ2) is 5.05. The maximum Gasteiger partial charge on any atom is 0.323 e. The van der Waals surface area contributed by atoms with Crippen molar-refractivity contribution in [3.8, 4) is 0 Å². The largest absolute Gasteiger partial charge is 0.386 e. The molecule has 6 nitrogen and oxygen atoms in total. The number of aromatic nitrogens is 2. The molecule has 2 aromatic rings. The quantitative estimate of drug-likeness (QED) is 0.661. The van der Waals surface area contributed by atoms with Crippen LogP contribution in [0.4, 0.5) is 0 Å². The highest BCUT2D eigenvalue weighted by atomic mass is 16.5. The van der Waals surface area contributed by atoms with Gasteiger partial charge in [-0.05, 0) is 24.6 Å². The first-order valence-corrected chi connectivity index (χ1v) is 6.81. The highest BCUT2D eigenvalue weighted by Gasteiger charge is 2.32. The lowest BCUT2D eigenvalue weighted by Crippen LogP contribution is -2.41. The number of hydrogen-bond acceptors (Lipinski definition) is 4. The van der Waals surface area contributed by atoms with E-state index in [9.17, 15) is 9.90 Å². The van der Waals surface area contributed by atoms with Crippen LogP contribution in [0.2, 0.25) is 0 Å². The minimum absolute atomic E-state index is 0.0856. The summed E-state index contributed by atoms with van der Waals surface area (Å²) in [7, 11) is 0. The highest BCUT2D eigenvalue weighted by molar-refractivity contribution is 5.75.